The molecule has 27 heavy (non-hydrogen) atoms. The van der Waals surface area contributed by atoms with Crippen molar-refractivity contribution in [1.29, 1.82) is 0 Å². The summed E-state index contributed by atoms with van der Waals surface area (Å²) >= 11 is 5.73. The summed E-state index contributed by atoms with van der Waals surface area (Å²) in [5.74, 6) is 0.238. The molecule has 1 fully saturated rings. The van der Waals surface area contributed by atoms with Gasteiger partial charge in [-0.1, -0.05) is 11.6 Å². The Morgan fingerprint density at radius 1 is 1.33 bits per heavy atom. The van der Waals surface area contributed by atoms with Gasteiger partial charge in [0.15, 0.2) is 5.84 Å². The van der Waals surface area contributed by atoms with Crippen LogP contribution >= 0.6 is 11.6 Å². The highest BCUT2D eigenvalue weighted by atomic mass is 35.5. The number of nitrogens with zero attached hydrogens (tertiary/aromatic N) is 4. The molecule has 1 aliphatic rings. The molecular weight excluding hydrogens is 373 g/mol. The molecule has 2 aromatic rings. The first-order valence-electron chi connectivity index (χ1n) is 8.81. The zero-order valence-corrected chi connectivity index (χ0v) is 16.0. The van der Waals surface area contributed by atoms with E-state index < -0.39 is 5.82 Å². The van der Waals surface area contributed by atoms with Gasteiger partial charge >= 0.3 is 0 Å². The third kappa shape index (κ3) is 5.66. The van der Waals surface area contributed by atoms with E-state index in [1.165, 1.54) is 18.2 Å². The van der Waals surface area contributed by atoms with Crippen LogP contribution in [0.4, 0.5) is 10.1 Å². The number of piperazine rings is 1. The Hall–Kier alpha value is -2.16. The summed E-state index contributed by atoms with van der Waals surface area (Å²) in [7, 11) is 2.14. The quantitative estimate of drug-likeness (QED) is 0.441. The number of ether oxygens (including phenoxy) is 1. The Labute approximate surface area is 162 Å². The number of aliphatic imine (C=N–C) groups is 1. The highest BCUT2D eigenvalue weighted by Gasteiger charge is 2.13. The molecule has 2 N–H and O–H groups in total. The van der Waals surface area contributed by atoms with Gasteiger partial charge in [-0.15, -0.1) is 0 Å². The van der Waals surface area contributed by atoms with E-state index in [9.17, 15) is 4.39 Å². The molecule has 2 heterocycles. The summed E-state index contributed by atoms with van der Waals surface area (Å²) in [6, 6.07) is 5.67. The molecule has 0 bridgehead atoms. The summed E-state index contributed by atoms with van der Waals surface area (Å²) in [6.45, 7) is 5.92. The predicted molar refractivity (Wildman–Crippen MR) is 102 cm³/mol. The van der Waals surface area contributed by atoms with Crippen molar-refractivity contribution in [2.24, 2.45) is 10.7 Å². The van der Waals surface area contributed by atoms with Crippen molar-refractivity contribution in [2.75, 3.05) is 46.4 Å². The molecule has 0 aliphatic carbocycles. The number of aromatic nitrogens is 1. The number of nitrogens with two attached hydrogens (primary N) is 1. The van der Waals surface area contributed by atoms with Crippen LogP contribution in [0.2, 0.25) is 5.02 Å². The van der Waals surface area contributed by atoms with Gasteiger partial charge < -0.3 is 24.8 Å². The van der Waals surface area contributed by atoms with E-state index in [1.807, 2.05) is 0 Å². The first-order chi connectivity index (χ1) is 13.0. The van der Waals surface area contributed by atoms with Gasteiger partial charge in [-0.25, -0.2) is 9.38 Å². The number of benzene rings is 1. The van der Waals surface area contributed by atoms with Gasteiger partial charge in [0.1, 0.15) is 5.82 Å². The van der Waals surface area contributed by atoms with E-state index in [0.29, 0.717) is 18.2 Å². The van der Waals surface area contributed by atoms with Crippen molar-refractivity contribution in [1.82, 2.24) is 15.0 Å². The molecule has 3 rings (SSSR count). The average molecular weight is 396 g/mol. The zero-order chi connectivity index (χ0) is 19.2. The van der Waals surface area contributed by atoms with Crippen LogP contribution in [0.25, 0.3) is 0 Å². The van der Waals surface area contributed by atoms with E-state index >= 15 is 0 Å². The Morgan fingerprint density at radius 3 is 2.85 bits per heavy atom. The Balaban J connectivity index is 1.47. The Bertz CT molecular complexity index is 790. The lowest BCUT2D eigenvalue weighted by molar-refractivity contribution is 0.144. The molecule has 0 amide bonds. The minimum Gasteiger partial charge on any atom is -0.475 e. The van der Waals surface area contributed by atoms with Crippen molar-refractivity contribution < 1.29 is 13.7 Å². The van der Waals surface area contributed by atoms with Crippen LogP contribution in [-0.4, -0.2) is 67.2 Å². The van der Waals surface area contributed by atoms with Crippen molar-refractivity contribution in [3.63, 3.8) is 0 Å². The predicted octanol–water partition coefficient (Wildman–Crippen LogP) is 2.52. The van der Waals surface area contributed by atoms with E-state index in [4.69, 9.17) is 26.6 Å². The molecule has 9 heteroatoms. The minimum absolute atomic E-state index is 0.0222. The van der Waals surface area contributed by atoms with Crippen molar-refractivity contribution in [3.8, 4) is 5.88 Å². The molecule has 0 atom stereocenters. The number of halogens is 2. The van der Waals surface area contributed by atoms with Crippen LogP contribution in [0.3, 0.4) is 0 Å². The third-order valence-electron chi connectivity index (χ3n) is 4.36. The molecule has 146 valence electrons. The van der Waals surface area contributed by atoms with Crippen LogP contribution in [-0.2, 0) is 0 Å². The Kier molecular flexibility index (Phi) is 6.65. The second-order valence-electron chi connectivity index (χ2n) is 6.47. The van der Waals surface area contributed by atoms with Gasteiger partial charge in [0.25, 0.3) is 5.88 Å². The van der Waals surface area contributed by atoms with Gasteiger partial charge in [0, 0.05) is 32.7 Å². The van der Waals surface area contributed by atoms with Crippen molar-refractivity contribution >= 4 is 23.1 Å². The standard InChI is InChI=1S/C18H23ClFN5O2/c1-24-6-8-25(9-7-24)5-2-10-26-17-12-16(27-23-17)18(21)22-13-3-4-15(20)14(19)11-13/h3-4,11-12H,2,5-10H2,1H3,(H2,21,22). The maximum Gasteiger partial charge on any atom is 0.254 e. The van der Waals surface area contributed by atoms with Gasteiger partial charge in [-0.3, -0.25) is 0 Å². The molecule has 0 unspecified atom stereocenters. The number of hydrogen-bond donors (Lipinski definition) is 1. The fourth-order valence-electron chi connectivity index (χ4n) is 2.73. The summed E-state index contributed by atoms with van der Waals surface area (Å²) < 4.78 is 24.0. The van der Waals surface area contributed by atoms with E-state index in [1.54, 1.807) is 6.07 Å². The molecule has 7 nitrogen and oxygen atoms in total. The topological polar surface area (TPSA) is 80.1 Å². The van der Waals surface area contributed by atoms with Crippen LogP contribution in [0.5, 0.6) is 5.88 Å². The second kappa shape index (κ2) is 9.16. The first-order valence-corrected chi connectivity index (χ1v) is 9.19. The van der Waals surface area contributed by atoms with E-state index in [0.717, 1.165) is 39.1 Å². The summed E-state index contributed by atoms with van der Waals surface area (Å²) in [5, 5.41) is 3.82. The fourth-order valence-corrected chi connectivity index (χ4v) is 2.91. The normalized spacial score (nSPS) is 16.6. The average Bonchev–Trinajstić information content (AvgIpc) is 3.12. The molecular formula is C18H23ClFN5O2. The minimum atomic E-state index is -0.513. The number of likely N-dealkylation sites (N-methyl/N-ethyl adjacent to an activating group) is 1. The fraction of sp³-hybridized carbons (Fsp3) is 0.444. The molecule has 1 aromatic carbocycles. The second-order valence-corrected chi connectivity index (χ2v) is 6.88. The van der Waals surface area contributed by atoms with Crippen molar-refractivity contribution in [3.05, 3.63) is 40.9 Å². The van der Waals surface area contributed by atoms with Gasteiger partial charge in [-0.05, 0) is 36.8 Å². The lowest BCUT2D eigenvalue weighted by Gasteiger charge is -2.32. The smallest absolute Gasteiger partial charge is 0.254 e. The van der Waals surface area contributed by atoms with Gasteiger partial charge in [-0.2, -0.15) is 0 Å². The zero-order valence-electron chi connectivity index (χ0n) is 15.2. The summed E-state index contributed by atoms with van der Waals surface area (Å²) in [6.07, 6.45) is 0.906. The number of hydrogen-bond acceptors (Lipinski definition) is 6. The van der Waals surface area contributed by atoms with E-state index in [-0.39, 0.29) is 16.6 Å². The monoisotopic (exact) mass is 395 g/mol. The summed E-state index contributed by atoms with van der Waals surface area (Å²) in [4.78, 5) is 8.91. The lowest BCUT2D eigenvalue weighted by atomic mass is 10.3. The Morgan fingerprint density at radius 2 is 2.11 bits per heavy atom. The molecule has 0 saturated carbocycles. The van der Waals surface area contributed by atoms with E-state index in [2.05, 4.69) is 27.0 Å². The highest BCUT2D eigenvalue weighted by molar-refractivity contribution is 6.31. The molecule has 1 aromatic heterocycles. The van der Waals surface area contributed by atoms with Crippen LogP contribution in [0, 0.1) is 5.82 Å². The largest absolute Gasteiger partial charge is 0.475 e. The summed E-state index contributed by atoms with van der Waals surface area (Å²) in [5.41, 5.74) is 6.33. The number of rotatable bonds is 7. The first kappa shape index (κ1) is 19.6. The van der Waals surface area contributed by atoms with Gasteiger partial charge in [0.05, 0.1) is 23.4 Å². The SMILES string of the molecule is CN1CCN(CCCOc2cc(C(N)=Nc3ccc(F)c(Cl)c3)on2)CC1. The third-order valence-corrected chi connectivity index (χ3v) is 4.65. The molecule has 1 aliphatic heterocycles. The number of amidine groups is 1. The molecule has 1 saturated heterocycles. The van der Waals surface area contributed by atoms with Crippen LogP contribution in [0.1, 0.15) is 12.2 Å². The van der Waals surface area contributed by atoms with Crippen LogP contribution in [0.15, 0.2) is 33.8 Å². The molecule has 0 radical (unpaired) electrons. The molecule has 0 spiro atoms. The van der Waals surface area contributed by atoms with Crippen molar-refractivity contribution in [2.45, 2.75) is 6.42 Å². The highest BCUT2D eigenvalue weighted by Crippen LogP contribution is 2.22. The lowest BCUT2D eigenvalue weighted by Crippen LogP contribution is -2.44. The van der Waals surface area contributed by atoms with Crippen LogP contribution < -0.4 is 10.5 Å². The van der Waals surface area contributed by atoms with Gasteiger partial charge in [0.2, 0.25) is 5.76 Å². The maximum absolute atomic E-state index is 13.2. The maximum atomic E-state index is 13.2.